The van der Waals surface area contributed by atoms with Gasteiger partial charge in [0.1, 0.15) is 0 Å². The van der Waals surface area contributed by atoms with Gasteiger partial charge in [-0.15, -0.1) is 0 Å². The van der Waals surface area contributed by atoms with Crippen molar-refractivity contribution in [2.75, 3.05) is 26.7 Å². The first-order valence-corrected chi connectivity index (χ1v) is 7.21. The minimum atomic E-state index is -0.219. The smallest absolute Gasteiger partial charge is 0.253 e. The second kappa shape index (κ2) is 6.37. The summed E-state index contributed by atoms with van der Waals surface area (Å²) in [6.45, 7) is 4.13. The first-order chi connectivity index (χ1) is 9.58. The van der Waals surface area contributed by atoms with E-state index >= 15 is 0 Å². The van der Waals surface area contributed by atoms with E-state index in [0.29, 0.717) is 13.1 Å². The van der Waals surface area contributed by atoms with Crippen LogP contribution in [0.15, 0.2) is 24.3 Å². The van der Waals surface area contributed by atoms with E-state index in [2.05, 4.69) is 6.92 Å². The zero-order valence-corrected chi connectivity index (χ0v) is 12.4. The second-order valence-corrected chi connectivity index (χ2v) is 5.72. The summed E-state index contributed by atoms with van der Waals surface area (Å²) in [5.41, 5.74) is 7.21. The van der Waals surface area contributed by atoms with Gasteiger partial charge in [-0.2, -0.15) is 0 Å². The average Bonchev–Trinajstić information content (AvgIpc) is 2.47. The molecule has 2 N–H and O–H groups in total. The van der Waals surface area contributed by atoms with Crippen LogP contribution in [-0.4, -0.2) is 43.2 Å². The summed E-state index contributed by atoms with van der Waals surface area (Å²) < 4.78 is 5.55. The molecule has 0 radical (unpaired) electrons. The number of carbonyl (C=O) groups excluding carboxylic acids is 1. The molecule has 1 aliphatic rings. The van der Waals surface area contributed by atoms with Crippen LogP contribution >= 0.6 is 0 Å². The lowest BCUT2D eigenvalue weighted by atomic mass is 9.94. The molecule has 1 saturated heterocycles. The Kier molecular flexibility index (Phi) is 4.78. The highest BCUT2D eigenvalue weighted by Crippen LogP contribution is 2.25. The molecular weight excluding hydrogens is 252 g/mol. The minimum Gasteiger partial charge on any atom is -0.377 e. The number of rotatable bonds is 4. The molecule has 2 rings (SSSR count). The third-order valence-electron chi connectivity index (χ3n) is 4.05. The molecule has 1 unspecified atom stereocenters. The molecule has 1 atom stereocenters. The van der Waals surface area contributed by atoms with Gasteiger partial charge in [0.25, 0.3) is 5.91 Å². The molecular formula is C16H24N2O2. The normalized spacial score (nSPS) is 22.9. The zero-order chi connectivity index (χ0) is 14.6. The Balaban J connectivity index is 2.12. The van der Waals surface area contributed by atoms with Crippen molar-refractivity contribution in [1.82, 2.24) is 4.90 Å². The lowest BCUT2D eigenvalue weighted by molar-refractivity contribution is -0.0440. The van der Waals surface area contributed by atoms with Gasteiger partial charge in [-0.05, 0) is 50.4 Å². The Morgan fingerprint density at radius 2 is 2.30 bits per heavy atom. The van der Waals surface area contributed by atoms with Crippen molar-refractivity contribution in [3.63, 3.8) is 0 Å². The third-order valence-corrected chi connectivity index (χ3v) is 4.05. The van der Waals surface area contributed by atoms with E-state index < -0.39 is 0 Å². The summed E-state index contributed by atoms with van der Waals surface area (Å²) in [4.78, 5) is 14.5. The Bertz CT molecular complexity index is 475. The fourth-order valence-electron chi connectivity index (χ4n) is 2.75. The molecule has 20 heavy (non-hydrogen) atoms. The molecule has 1 fully saturated rings. The first kappa shape index (κ1) is 15.0. The molecule has 4 heteroatoms. The molecule has 1 aliphatic heterocycles. The largest absolute Gasteiger partial charge is 0.377 e. The number of nitrogens with two attached hydrogens (primary N) is 1. The molecule has 0 bridgehead atoms. The summed E-state index contributed by atoms with van der Waals surface area (Å²) >= 11 is 0. The Morgan fingerprint density at radius 1 is 1.50 bits per heavy atom. The monoisotopic (exact) mass is 276 g/mol. The van der Waals surface area contributed by atoms with Gasteiger partial charge in [-0.3, -0.25) is 4.79 Å². The maximum Gasteiger partial charge on any atom is 0.253 e. The number of methoxy groups -OCH3 is 1. The summed E-state index contributed by atoms with van der Waals surface area (Å²) in [6, 6.07) is 7.77. The summed E-state index contributed by atoms with van der Waals surface area (Å²) in [7, 11) is 1.72. The third kappa shape index (κ3) is 3.38. The summed E-state index contributed by atoms with van der Waals surface area (Å²) in [6.07, 6.45) is 2.79. The van der Waals surface area contributed by atoms with Gasteiger partial charge in [0.2, 0.25) is 0 Å². The molecule has 0 aromatic heterocycles. The Hall–Kier alpha value is -1.39. The highest BCUT2D eigenvalue weighted by Gasteiger charge is 2.33. The number of hydrogen-bond acceptors (Lipinski definition) is 3. The predicted molar refractivity (Wildman–Crippen MR) is 79.8 cm³/mol. The number of ether oxygens (including phenoxy) is 1. The molecule has 0 spiro atoms. The van der Waals surface area contributed by atoms with Crippen LogP contribution in [0.1, 0.15) is 35.7 Å². The lowest BCUT2D eigenvalue weighted by Gasteiger charge is -2.39. The van der Waals surface area contributed by atoms with Crippen LogP contribution in [0.25, 0.3) is 0 Å². The van der Waals surface area contributed by atoms with Crippen molar-refractivity contribution < 1.29 is 9.53 Å². The van der Waals surface area contributed by atoms with E-state index in [4.69, 9.17) is 10.5 Å². The fraction of sp³-hybridized carbons (Fsp3) is 0.562. The molecule has 110 valence electrons. The number of piperidine rings is 1. The molecule has 1 aromatic carbocycles. The van der Waals surface area contributed by atoms with Crippen LogP contribution in [0.4, 0.5) is 0 Å². The predicted octanol–water partition coefficient (Wildman–Crippen LogP) is 1.83. The number of amides is 1. The topological polar surface area (TPSA) is 55.6 Å². The van der Waals surface area contributed by atoms with Gasteiger partial charge in [0, 0.05) is 25.8 Å². The van der Waals surface area contributed by atoms with Crippen molar-refractivity contribution in [1.29, 1.82) is 0 Å². The number of benzene rings is 1. The van der Waals surface area contributed by atoms with E-state index in [1.165, 1.54) is 0 Å². The van der Waals surface area contributed by atoms with Gasteiger partial charge in [-0.1, -0.05) is 12.1 Å². The number of hydrogen-bond donors (Lipinski definition) is 1. The van der Waals surface area contributed by atoms with Gasteiger partial charge in [-0.25, -0.2) is 0 Å². The molecule has 1 aromatic rings. The van der Waals surface area contributed by atoms with Gasteiger partial charge in [0.15, 0.2) is 0 Å². The Labute approximate surface area is 120 Å². The van der Waals surface area contributed by atoms with Crippen molar-refractivity contribution in [3.8, 4) is 0 Å². The van der Waals surface area contributed by atoms with Crippen LogP contribution in [0, 0.1) is 0 Å². The molecule has 0 aliphatic carbocycles. The number of nitrogens with zero attached hydrogens (tertiary/aromatic N) is 1. The van der Waals surface area contributed by atoms with Crippen LogP contribution in [0.2, 0.25) is 0 Å². The number of carbonyl (C=O) groups is 1. The quantitative estimate of drug-likeness (QED) is 0.913. The van der Waals surface area contributed by atoms with Gasteiger partial charge >= 0.3 is 0 Å². The first-order valence-electron chi connectivity index (χ1n) is 7.21. The average molecular weight is 276 g/mol. The van der Waals surface area contributed by atoms with E-state index in [9.17, 15) is 4.79 Å². The minimum absolute atomic E-state index is 0.0897. The van der Waals surface area contributed by atoms with Crippen molar-refractivity contribution in [2.24, 2.45) is 5.73 Å². The van der Waals surface area contributed by atoms with Crippen molar-refractivity contribution in [3.05, 3.63) is 35.4 Å². The highest BCUT2D eigenvalue weighted by molar-refractivity contribution is 5.94. The van der Waals surface area contributed by atoms with Crippen LogP contribution in [-0.2, 0) is 11.2 Å². The van der Waals surface area contributed by atoms with E-state index in [1.807, 2.05) is 29.2 Å². The number of likely N-dealkylation sites (tertiary alicyclic amines) is 1. The maximum absolute atomic E-state index is 12.6. The fourth-order valence-corrected chi connectivity index (χ4v) is 2.75. The zero-order valence-electron chi connectivity index (χ0n) is 12.4. The molecule has 4 nitrogen and oxygen atoms in total. The van der Waals surface area contributed by atoms with Gasteiger partial charge in [0.05, 0.1) is 5.60 Å². The van der Waals surface area contributed by atoms with Crippen molar-refractivity contribution in [2.45, 2.75) is 31.8 Å². The standard InChI is InChI=1S/C16H24N2O2/c1-16(20-2)8-4-10-18(12-16)15(19)14-6-3-5-13(11-14)7-9-17/h3,5-6,11H,4,7-10,12,17H2,1-2H3. The van der Waals surface area contributed by atoms with Crippen LogP contribution < -0.4 is 5.73 Å². The lowest BCUT2D eigenvalue weighted by Crippen LogP contribution is -2.49. The van der Waals surface area contributed by atoms with E-state index in [1.54, 1.807) is 7.11 Å². The second-order valence-electron chi connectivity index (χ2n) is 5.72. The molecule has 0 saturated carbocycles. The van der Waals surface area contributed by atoms with Crippen molar-refractivity contribution >= 4 is 5.91 Å². The summed E-state index contributed by atoms with van der Waals surface area (Å²) in [5.74, 6) is 0.0897. The van der Waals surface area contributed by atoms with E-state index in [-0.39, 0.29) is 11.5 Å². The van der Waals surface area contributed by atoms with Crippen LogP contribution in [0.3, 0.4) is 0 Å². The summed E-state index contributed by atoms with van der Waals surface area (Å²) in [5, 5.41) is 0. The van der Waals surface area contributed by atoms with Gasteiger partial charge < -0.3 is 15.4 Å². The van der Waals surface area contributed by atoms with E-state index in [0.717, 1.165) is 36.9 Å². The molecule has 1 heterocycles. The highest BCUT2D eigenvalue weighted by atomic mass is 16.5. The molecule has 1 amide bonds. The van der Waals surface area contributed by atoms with Crippen LogP contribution in [0.5, 0.6) is 0 Å². The maximum atomic E-state index is 12.6. The SMILES string of the molecule is COC1(C)CCCN(C(=O)c2cccc(CCN)c2)C1. The Morgan fingerprint density at radius 3 is 3.00 bits per heavy atom.